The molecule has 0 amide bonds. The van der Waals surface area contributed by atoms with E-state index in [1.54, 1.807) is 23.9 Å². The van der Waals surface area contributed by atoms with Crippen LogP contribution in [0.15, 0.2) is 53.7 Å². The molecule has 21 heavy (non-hydrogen) atoms. The predicted molar refractivity (Wildman–Crippen MR) is 82.2 cm³/mol. The van der Waals surface area contributed by atoms with Gasteiger partial charge < -0.3 is 4.74 Å². The van der Waals surface area contributed by atoms with Crippen LogP contribution in [0.25, 0.3) is 11.0 Å². The average Bonchev–Trinajstić information content (AvgIpc) is 2.95. The lowest BCUT2D eigenvalue weighted by molar-refractivity contribution is -0.396. The van der Waals surface area contributed by atoms with Gasteiger partial charge in [0.2, 0.25) is 0 Å². The SMILES string of the molecule is COC(=O)c1ccc(CSc2[nH]c3ccccc3[nH+]2)cc1. The standard InChI is InChI=1S/C16H14N2O2S/c1-20-15(19)12-8-6-11(7-9-12)10-21-16-17-13-4-2-3-5-14(13)18-16/h2-9H,10H2,1H3,(H,17,18)/p+1. The first kappa shape index (κ1) is 13.7. The molecule has 4 nitrogen and oxygen atoms in total. The van der Waals surface area contributed by atoms with E-state index < -0.39 is 0 Å². The van der Waals surface area contributed by atoms with Crippen molar-refractivity contribution < 1.29 is 14.5 Å². The van der Waals surface area contributed by atoms with Crippen molar-refractivity contribution in [3.63, 3.8) is 0 Å². The van der Waals surface area contributed by atoms with Crippen LogP contribution in [0.5, 0.6) is 0 Å². The number of carbonyl (C=O) groups is 1. The van der Waals surface area contributed by atoms with E-state index >= 15 is 0 Å². The van der Waals surface area contributed by atoms with Crippen LogP contribution in [0.3, 0.4) is 0 Å². The van der Waals surface area contributed by atoms with Crippen LogP contribution in [0.4, 0.5) is 0 Å². The summed E-state index contributed by atoms with van der Waals surface area (Å²) < 4.78 is 4.68. The number of ether oxygens (including phenoxy) is 1. The number of para-hydroxylation sites is 2. The number of esters is 1. The normalized spacial score (nSPS) is 10.7. The number of imidazole rings is 1. The Bertz CT molecular complexity index is 732. The minimum Gasteiger partial charge on any atom is -0.465 e. The second kappa shape index (κ2) is 6.01. The first-order valence-corrected chi connectivity index (χ1v) is 7.55. The summed E-state index contributed by atoms with van der Waals surface area (Å²) in [5.41, 5.74) is 3.92. The van der Waals surface area contributed by atoms with Gasteiger partial charge in [0, 0.05) is 5.75 Å². The van der Waals surface area contributed by atoms with Crippen LogP contribution in [0, 0.1) is 0 Å². The summed E-state index contributed by atoms with van der Waals surface area (Å²) >= 11 is 1.69. The molecule has 0 spiro atoms. The number of rotatable bonds is 4. The van der Waals surface area contributed by atoms with Gasteiger partial charge in [0.1, 0.15) is 0 Å². The highest BCUT2D eigenvalue weighted by Gasteiger charge is 2.10. The van der Waals surface area contributed by atoms with Gasteiger partial charge in [-0.1, -0.05) is 24.3 Å². The average molecular weight is 299 g/mol. The second-order valence-electron chi connectivity index (χ2n) is 4.60. The zero-order valence-electron chi connectivity index (χ0n) is 11.6. The maximum absolute atomic E-state index is 11.4. The van der Waals surface area contributed by atoms with Gasteiger partial charge in [-0.3, -0.25) is 0 Å². The number of fused-ring (bicyclic) bond motifs is 1. The van der Waals surface area contributed by atoms with Gasteiger partial charge in [-0.2, -0.15) is 0 Å². The third-order valence-electron chi connectivity index (χ3n) is 3.18. The monoisotopic (exact) mass is 299 g/mol. The quantitative estimate of drug-likeness (QED) is 0.595. The maximum atomic E-state index is 11.4. The van der Waals surface area contributed by atoms with Gasteiger partial charge in [0.15, 0.2) is 11.0 Å². The molecule has 2 N–H and O–H groups in total. The van der Waals surface area contributed by atoms with E-state index in [0.29, 0.717) is 5.56 Å². The fraction of sp³-hybridized carbons (Fsp3) is 0.125. The molecule has 0 bridgehead atoms. The number of nitrogens with one attached hydrogen (secondary N) is 2. The number of methoxy groups -OCH3 is 1. The predicted octanol–water partition coefficient (Wildman–Crippen LogP) is 3.06. The number of hydrogen-bond acceptors (Lipinski definition) is 3. The molecule has 1 aromatic heterocycles. The molecule has 0 aliphatic heterocycles. The Labute approximate surface area is 126 Å². The lowest BCUT2D eigenvalue weighted by atomic mass is 10.1. The zero-order chi connectivity index (χ0) is 14.7. The number of H-pyrrole nitrogens is 2. The van der Waals surface area contributed by atoms with Crippen LogP contribution < -0.4 is 4.98 Å². The minimum atomic E-state index is -0.307. The van der Waals surface area contributed by atoms with Crippen molar-refractivity contribution in [1.82, 2.24) is 4.98 Å². The van der Waals surface area contributed by atoms with E-state index in [4.69, 9.17) is 0 Å². The van der Waals surface area contributed by atoms with Crippen molar-refractivity contribution in [2.75, 3.05) is 7.11 Å². The van der Waals surface area contributed by atoms with Gasteiger partial charge in [-0.25, -0.2) is 14.8 Å². The molecule has 0 fully saturated rings. The van der Waals surface area contributed by atoms with Gasteiger partial charge >= 0.3 is 11.1 Å². The van der Waals surface area contributed by atoms with Crippen molar-refractivity contribution >= 4 is 28.8 Å². The molecule has 0 aliphatic carbocycles. The zero-order valence-corrected chi connectivity index (χ0v) is 12.4. The number of aromatic nitrogens is 2. The van der Waals surface area contributed by atoms with E-state index in [0.717, 1.165) is 27.5 Å². The highest BCUT2D eigenvalue weighted by Crippen LogP contribution is 2.20. The minimum absolute atomic E-state index is 0.307. The van der Waals surface area contributed by atoms with Gasteiger partial charge in [0.05, 0.1) is 12.7 Å². The number of benzene rings is 2. The highest BCUT2D eigenvalue weighted by atomic mass is 32.2. The Morgan fingerprint density at radius 1 is 1.19 bits per heavy atom. The molecular weight excluding hydrogens is 284 g/mol. The maximum Gasteiger partial charge on any atom is 0.337 e. The largest absolute Gasteiger partial charge is 0.465 e. The molecule has 3 rings (SSSR count). The fourth-order valence-corrected chi connectivity index (χ4v) is 2.93. The van der Waals surface area contributed by atoms with Gasteiger partial charge in [-0.05, 0) is 41.6 Å². The van der Waals surface area contributed by atoms with Crippen molar-refractivity contribution in [3.05, 3.63) is 59.7 Å². The van der Waals surface area contributed by atoms with Crippen molar-refractivity contribution in [2.24, 2.45) is 0 Å². The Morgan fingerprint density at radius 2 is 1.95 bits per heavy atom. The van der Waals surface area contributed by atoms with E-state index in [1.165, 1.54) is 7.11 Å². The molecular formula is C16H15N2O2S+. The first-order chi connectivity index (χ1) is 10.3. The van der Waals surface area contributed by atoms with Crippen LogP contribution in [0.1, 0.15) is 15.9 Å². The van der Waals surface area contributed by atoms with Crippen LogP contribution in [0.2, 0.25) is 0 Å². The van der Waals surface area contributed by atoms with E-state index in [9.17, 15) is 4.79 Å². The molecule has 0 atom stereocenters. The lowest BCUT2D eigenvalue weighted by Gasteiger charge is -2.01. The summed E-state index contributed by atoms with van der Waals surface area (Å²) in [5.74, 6) is 0.517. The summed E-state index contributed by atoms with van der Waals surface area (Å²) in [6.45, 7) is 0. The van der Waals surface area contributed by atoms with Crippen molar-refractivity contribution in [3.8, 4) is 0 Å². The second-order valence-corrected chi connectivity index (χ2v) is 5.59. The fourth-order valence-electron chi connectivity index (χ4n) is 2.06. The van der Waals surface area contributed by atoms with E-state index in [-0.39, 0.29) is 5.97 Å². The summed E-state index contributed by atoms with van der Waals surface area (Å²) in [4.78, 5) is 18.0. The molecule has 106 valence electrons. The lowest BCUT2D eigenvalue weighted by Crippen LogP contribution is -2.02. The summed E-state index contributed by atoms with van der Waals surface area (Å²) in [6.07, 6.45) is 0. The van der Waals surface area contributed by atoms with Crippen LogP contribution in [-0.4, -0.2) is 18.1 Å². The third-order valence-corrected chi connectivity index (χ3v) is 4.15. The highest BCUT2D eigenvalue weighted by molar-refractivity contribution is 7.98. The summed E-state index contributed by atoms with van der Waals surface area (Å²) in [6, 6.07) is 15.6. The van der Waals surface area contributed by atoms with Gasteiger partial charge in [0.25, 0.3) is 0 Å². The van der Waals surface area contributed by atoms with E-state index in [1.807, 2.05) is 36.4 Å². The molecule has 3 aromatic rings. The molecule has 5 heteroatoms. The summed E-state index contributed by atoms with van der Waals surface area (Å²) in [7, 11) is 1.39. The number of hydrogen-bond donors (Lipinski definition) is 1. The first-order valence-electron chi connectivity index (χ1n) is 6.56. The molecule has 0 saturated carbocycles. The molecule has 2 aromatic carbocycles. The molecule has 0 saturated heterocycles. The van der Waals surface area contributed by atoms with Crippen LogP contribution >= 0.6 is 11.8 Å². The van der Waals surface area contributed by atoms with Crippen molar-refractivity contribution in [1.29, 1.82) is 0 Å². The molecule has 0 aliphatic rings. The molecule has 0 unspecified atom stereocenters. The van der Waals surface area contributed by atoms with Crippen LogP contribution in [-0.2, 0) is 10.5 Å². The topological polar surface area (TPSA) is 56.2 Å². The van der Waals surface area contributed by atoms with Gasteiger partial charge in [-0.15, -0.1) is 0 Å². The Hall–Kier alpha value is -2.27. The molecule has 0 radical (unpaired) electrons. The number of carbonyl (C=O) groups excluding carboxylic acids is 1. The summed E-state index contributed by atoms with van der Waals surface area (Å²) in [5, 5.41) is 1.02. The Kier molecular flexibility index (Phi) is 3.92. The third kappa shape index (κ3) is 3.08. The Morgan fingerprint density at radius 3 is 2.67 bits per heavy atom. The number of aromatic amines is 2. The number of thioether (sulfide) groups is 1. The van der Waals surface area contributed by atoms with Crippen molar-refractivity contribution in [2.45, 2.75) is 10.9 Å². The smallest absolute Gasteiger partial charge is 0.337 e. The molecule has 1 heterocycles. The Balaban J connectivity index is 1.68. The van der Waals surface area contributed by atoms with E-state index in [2.05, 4.69) is 14.7 Å².